The molecular weight excluding hydrogens is 330 g/mol. The first-order valence-corrected chi connectivity index (χ1v) is 7.78. The zero-order valence-electron chi connectivity index (χ0n) is 11.8. The summed E-state index contributed by atoms with van der Waals surface area (Å²) >= 11 is 3.50. The Labute approximate surface area is 132 Å². The van der Waals surface area contributed by atoms with E-state index >= 15 is 0 Å². The third-order valence-electron chi connectivity index (χ3n) is 4.03. The summed E-state index contributed by atoms with van der Waals surface area (Å²) in [5.41, 5.74) is 3.09. The van der Waals surface area contributed by atoms with E-state index < -0.39 is 0 Å². The Morgan fingerprint density at radius 3 is 3.00 bits per heavy atom. The van der Waals surface area contributed by atoms with E-state index in [0.717, 1.165) is 46.2 Å². The van der Waals surface area contributed by atoms with Crippen LogP contribution in [-0.2, 0) is 12.8 Å². The van der Waals surface area contributed by atoms with Gasteiger partial charge in [0.05, 0.1) is 7.11 Å². The van der Waals surface area contributed by atoms with Crippen molar-refractivity contribution >= 4 is 21.7 Å². The molecule has 2 aromatic rings. The number of rotatable bonds is 3. The molecule has 0 fully saturated rings. The van der Waals surface area contributed by atoms with Gasteiger partial charge in [0.25, 0.3) is 0 Å². The normalized spacial score (nSPS) is 17.4. The summed E-state index contributed by atoms with van der Waals surface area (Å²) < 4.78 is 6.20. The van der Waals surface area contributed by atoms with E-state index in [1.807, 2.05) is 24.3 Å². The zero-order chi connectivity index (χ0) is 14.8. The molecule has 1 aliphatic carbocycles. The summed E-state index contributed by atoms with van der Waals surface area (Å²) in [4.78, 5) is 16.7. The average molecular weight is 346 g/mol. The number of nitrogens with zero attached hydrogens (tertiary/aromatic N) is 1. The maximum absolute atomic E-state index is 12.7. The SMILES string of the molecule is COc1ccc2c(c1)CCC(Cc1ccncc1Br)C2=O. The molecule has 1 aromatic heterocycles. The molecule has 1 unspecified atom stereocenters. The molecule has 3 rings (SSSR count). The summed E-state index contributed by atoms with van der Waals surface area (Å²) in [5.74, 6) is 1.10. The number of fused-ring (bicyclic) bond motifs is 1. The number of carbonyl (C=O) groups excluding carboxylic acids is 1. The highest BCUT2D eigenvalue weighted by Crippen LogP contribution is 2.31. The monoisotopic (exact) mass is 345 g/mol. The van der Waals surface area contributed by atoms with Gasteiger partial charge in [0.15, 0.2) is 5.78 Å². The van der Waals surface area contributed by atoms with E-state index in [-0.39, 0.29) is 11.7 Å². The molecule has 0 amide bonds. The van der Waals surface area contributed by atoms with Crippen molar-refractivity contribution in [2.24, 2.45) is 5.92 Å². The van der Waals surface area contributed by atoms with E-state index in [1.54, 1.807) is 19.5 Å². The second kappa shape index (κ2) is 5.98. The Morgan fingerprint density at radius 1 is 1.38 bits per heavy atom. The summed E-state index contributed by atoms with van der Waals surface area (Å²) in [6, 6.07) is 7.71. The van der Waals surface area contributed by atoms with E-state index in [9.17, 15) is 4.79 Å². The van der Waals surface area contributed by atoms with Crippen molar-refractivity contribution in [1.29, 1.82) is 0 Å². The van der Waals surface area contributed by atoms with Crippen LogP contribution in [0.5, 0.6) is 5.75 Å². The largest absolute Gasteiger partial charge is 0.497 e. The molecule has 108 valence electrons. The van der Waals surface area contributed by atoms with Crippen molar-refractivity contribution in [2.75, 3.05) is 7.11 Å². The number of hydrogen-bond acceptors (Lipinski definition) is 3. The van der Waals surface area contributed by atoms with E-state index in [4.69, 9.17) is 4.74 Å². The lowest BCUT2D eigenvalue weighted by atomic mass is 9.80. The molecule has 0 bridgehead atoms. The quantitative estimate of drug-likeness (QED) is 0.848. The van der Waals surface area contributed by atoms with Crippen molar-refractivity contribution in [3.05, 3.63) is 57.8 Å². The lowest BCUT2D eigenvalue weighted by molar-refractivity contribution is 0.0901. The maximum Gasteiger partial charge on any atom is 0.166 e. The van der Waals surface area contributed by atoms with Gasteiger partial charge in [0, 0.05) is 28.3 Å². The standard InChI is InChI=1S/C17H16BrNO2/c1-21-14-4-5-15-11(9-14)2-3-13(17(15)20)8-12-6-7-19-10-16(12)18/h4-7,9-10,13H,2-3,8H2,1H3. The summed E-state index contributed by atoms with van der Waals surface area (Å²) in [6.07, 6.45) is 6.11. The predicted octanol–water partition coefficient (Wildman–Crippen LogP) is 3.84. The van der Waals surface area contributed by atoms with Crippen molar-refractivity contribution in [3.63, 3.8) is 0 Å². The van der Waals surface area contributed by atoms with E-state index in [0.29, 0.717) is 0 Å². The van der Waals surface area contributed by atoms with Gasteiger partial charge in [0.1, 0.15) is 5.75 Å². The summed E-state index contributed by atoms with van der Waals surface area (Å²) in [5, 5.41) is 0. The molecule has 1 aromatic carbocycles. The smallest absolute Gasteiger partial charge is 0.166 e. The molecule has 4 heteroatoms. The molecule has 1 heterocycles. The Morgan fingerprint density at radius 2 is 2.24 bits per heavy atom. The predicted molar refractivity (Wildman–Crippen MR) is 84.8 cm³/mol. The van der Waals surface area contributed by atoms with Crippen LogP contribution < -0.4 is 4.74 Å². The molecule has 0 radical (unpaired) electrons. The van der Waals surface area contributed by atoms with Crippen molar-refractivity contribution in [1.82, 2.24) is 4.98 Å². The second-order valence-electron chi connectivity index (χ2n) is 5.29. The molecule has 1 atom stereocenters. The fourth-order valence-corrected chi connectivity index (χ4v) is 3.27. The molecule has 0 aliphatic heterocycles. The van der Waals surface area contributed by atoms with Crippen molar-refractivity contribution < 1.29 is 9.53 Å². The number of hydrogen-bond donors (Lipinski definition) is 0. The number of ether oxygens (including phenoxy) is 1. The fraction of sp³-hybridized carbons (Fsp3) is 0.294. The number of Topliss-reactive ketones (excluding diaryl/α,β-unsaturated/α-hetero) is 1. The van der Waals surface area contributed by atoms with Crippen LogP contribution in [-0.4, -0.2) is 17.9 Å². The molecule has 0 spiro atoms. The molecule has 21 heavy (non-hydrogen) atoms. The minimum Gasteiger partial charge on any atom is -0.497 e. The Bertz CT molecular complexity index is 684. The minimum absolute atomic E-state index is 0.0459. The van der Waals surface area contributed by atoms with E-state index in [2.05, 4.69) is 20.9 Å². The molecule has 0 N–H and O–H groups in total. The number of aryl methyl sites for hydroxylation is 1. The minimum atomic E-state index is 0.0459. The van der Waals surface area contributed by atoms with Gasteiger partial charge in [-0.25, -0.2) is 0 Å². The van der Waals surface area contributed by atoms with Gasteiger partial charge >= 0.3 is 0 Å². The number of methoxy groups -OCH3 is 1. The van der Waals surface area contributed by atoms with Crippen LogP contribution in [0, 0.1) is 5.92 Å². The topological polar surface area (TPSA) is 39.2 Å². The fourth-order valence-electron chi connectivity index (χ4n) is 2.85. The van der Waals surface area contributed by atoms with Crippen LogP contribution >= 0.6 is 15.9 Å². The van der Waals surface area contributed by atoms with E-state index in [1.165, 1.54) is 0 Å². The lowest BCUT2D eigenvalue weighted by Crippen LogP contribution is -2.24. The first-order chi connectivity index (χ1) is 10.2. The highest BCUT2D eigenvalue weighted by molar-refractivity contribution is 9.10. The van der Waals surface area contributed by atoms with Gasteiger partial charge in [-0.05, 0) is 70.6 Å². The van der Waals surface area contributed by atoms with Crippen LogP contribution in [0.15, 0.2) is 41.1 Å². The maximum atomic E-state index is 12.7. The number of benzene rings is 1. The van der Waals surface area contributed by atoms with Gasteiger partial charge in [-0.2, -0.15) is 0 Å². The van der Waals surface area contributed by atoms with Gasteiger partial charge in [-0.15, -0.1) is 0 Å². The van der Waals surface area contributed by atoms with Gasteiger partial charge in [-0.3, -0.25) is 9.78 Å². The van der Waals surface area contributed by atoms with Crippen LogP contribution in [0.3, 0.4) is 0 Å². The number of halogens is 1. The van der Waals surface area contributed by atoms with Gasteiger partial charge in [0.2, 0.25) is 0 Å². The highest BCUT2D eigenvalue weighted by Gasteiger charge is 2.28. The summed E-state index contributed by atoms with van der Waals surface area (Å²) in [7, 11) is 1.65. The number of carbonyl (C=O) groups is 1. The van der Waals surface area contributed by atoms with Crippen molar-refractivity contribution in [3.8, 4) is 5.75 Å². The molecule has 3 nitrogen and oxygen atoms in total. The summed E-state index contributed by atoms with van der Waals surface area (Å²) in [6.45, 7) is 0. The van der Waals surface area contributed by atoms with Gasteiger partial charge < -0.3 is 4.74 Å². The van der Waals surface area contributed by atoms with Crippen LogP contribution in [0.2, 0.25) is 0 Å². The molecular formula is C17H16BrNO2. The van der Waals surface area contributed by atoms with Crippen LogP contribution in [0.25, 0.3) is 0 Å². The average Bonchev–Trinajstić information content (AvgIpc) is 2.51. The Balaban J connectivity index is 1.84. The lowest BCUT2D eigenvalue weighted by Gasteiger charge is -2.24. The number of ketones is 1. The van der Waals surface area contributed by atoms with Gasteiger partial charge in [-0.1, -0.05) is 0 Å². The van der Waals surface area contributed by atoms with Crippen molar-refractivity contribution in [2.45, 2.75) is 19.3 Å². The number of aromatic nitrogens is 1. The second-order valence-corrected chi connectivity index (χ2v) is 6.15. The molecule has 1 aliphatic rings. The first-order valence-electron chi connectivity index (χ1n) is 6.98. The van der Waals surface area contributed by atoms with Crippen LogP contribution in [0.4, 0.5) is 0 Å². The highest BCUT2D eigenvalue weighted by atomic mass is 79.9. The Hall–Kier alpha value is -1.68. The number of pyridine rings is 1. The third-order valence-corrected chi connectivity index (χ3v) is 4.75. The molecule has 0 saturated carbocycles. The third kappa shape index (κ3) is 2.86. The first kappa shape index (κ1) is 14.3. The zero-order valence-corrected chi connectivity index (χ0v) is 13.4. The molecule has 0 saturated heterocycles. The Kier molecular flexibility index (Phi) is 4.06. The van der Waals surface area contributed by atoms with Crippen LogP contribution in [0.1, 0.15) is 27.9 Å².